The van der Waals surface area contributed by atoms with Gasteiger partial charge in [-0.15, -0.1) is 0 Å². The zero-order valence-electron chi connectivity index (χ0n) is 13.3. The van der Waals surface area contributed by atoms with Gasteiger partial charge >= 0.3 is 0 Å². The average molecular weight is 332 g/mol. The van der Waals surface area contributed by atoms with E-state index in [-0.39, 0.29) is 10.6 Å². The minimum atomic E-state index is -3.43. The summed E-state index contributed by atoms with van der Waals surface area (Å²) in [7, 11) is -3.43. The lowest BCUT2D eigenvalue weighted by Gasteiger charge is -2.41. The summed E-state index contributed by atoms with van der Waals surface area (Å²) in [4.78, 5) is 20.7. The lowest BCUT2D eigenvalue weighted by atomic mass is 9.62. The smallest absolute Gasteiger partial charge is 0.247 e. The molecule has 0 saturated heterocycles. The molecule has 23 heavy (non-hydrogen) atoms. The van der Waals surface area contributed by atoms with Gasteiger partial charge in [-0.1, -0.05) is 24.8 Å². The molecule has 1 aromatic rings. The van der Waals surface area contributed by atoms with Gasteiger partial charge in [-0.3, -0.25) is 4.79 Å². The van der Waals surface area contributed by atoms with Gasteiger partial charge < -0.3 is 0 Å². The molecule has 3 aliphatic carbocycles. The highest BCUT2D eigenvalue weighted by Gasteiger charge is 2.46. The molecule has 1 spiro atoms. The van der Waals surface area contributed by atoms with Crippen LogP contribution in [0, 0.1) is 5.41 Å². The van der Waals surface area contributed by atoms with E-state index in [1.807, 2.05) is 0 Å². The Morgan fingerprint density at radius 2 is 1.87 bits per heavy atom. The molecule has 4 rings (SSSR count). The lowest BCUT2D eigenvalue weighted by Crippen LogP contribution is -2.32. The molecule has 0 atom stereocenters. The van der Waals surface area contributed by atoms with Crippen LogP contribution in [0.5, 0.6) is 0 Å². The molecule has 0 bridgehead atoms. The van der Waals surface area contributed by atoms with Crippen molar-refractivity contribution in [3.63, 3.8) is 0 Å². The molecule has 5 nitrogen and oxygen atoms in total. The fourth-order valence-electron chi connectivity index (χ4n) is 4.60. The molecule has 0 radical (unpaired) electrons. The Labute approximate surface area is 136 Å². The number of fused-ring (bicyclic) bond motifs is 3. The molecule has 0 amide bonds. The summed E-state index contributed by atoms with van der Waals surface area (Å²) < 4.78 is 23.6. The van der Waals surface area contributed by atoms with Crippen LogP contribution in [0.25, 0.3) is 5.57 Å². The first-order chi connectivity index (χ1) is 10.9. The Morgan fingerprint density at radius 3 is 2.57 bits per heavy atom. The third-order valence-corrected chi connectivity index (χ3v) is 6.32. The van der Waals surface area contributed by atoms with Gasteiger partial charge in [-0.2, -0.15) is 0 Å². The Balaban J connectivity index is 1.89. The molecular weight excluding hydrogens is 312 g/mol. The maximum atomic E-state index is 12.3. The van der Waals surface area contributed by atoms with E-state index >= 15 is 0 Å². The van der Waals surface area contributed by atoms with E-state index in [9.17, 15) is 13.2 Å². The van der Waals surface area contributed by atoms with Crippen molar-refractivity contribution in [1.29, 1.82) is 0 Å². The van der Waals surface area contributed by atoms with Crippen molar-refractivity contribution in [1.82, 2.24) is 9.97 Å². The predicted molar refractivity (Wildman–Crippen MR) is 85.5 cm³/mol. The van der Waals surface area contributed by atoms with Crippen molar-refractivity contribution >= 4 is 21.2 Å². The summed E-state index contributed by atoms with van der Waals surface area (Å²) in [5, 5.41) is -0.104. The summed E-state index contributed by atoms with van der Waals surface area (Å²) >= 11 is 0. The van der Waals surface area contributed by atoms with Crippen LogP contribution in [0.2, 0.25) is 0 Å². The van der Waals surface area contributed by atoms with Crippen LogP contribution in [-0.2, 0) is 21.1 Å². The van der Waals surface area contributed by atoms with Gasteiger partial charge in [0.1, 0.15) is 5.78 Å². The van der Waals surface area contributed by atoms with E-state index < -0.39 is 9.84 Å². The number of carbonyl (C=O) groups is 1. The van der Waals surface area contributed by atoms with E-state index in [0.29, 0.717) is 25.0 Å². The minimum absolute atomic E-state index is 0.104. The normalized spacial score (nSPS) is 23.1. The molecule has 0 aromatic carbocycles. The van der Waals surface area contributed by atoms with E-state index in [1.54, 1.807) is 6.20 Å². The van der Waals surface area contributed by atoms with Crippen LogP contribution in [0.1, 0.15) is 56.2 Å². The van der Waals surface area contributed by atoms with Crippen LogP contribution < -0.4 is 0 Å². The molecule has 1 fully saturated rings. The van der Waals surface area contributed by atoms with Crippen molar-refractivity contribution in [3.8, 4) is 0 Å². The highest BCUT2D eigenvalue weighted by atomic mass is 32.2. The average Bonchev–Trinajstić information content (AvgIpc) is 2.84. The van der Waals surface area contributed by atoms with E-state index in [0.717, 1.165) is 48.8 Å². The molecular formula is C17H20N2O3S. The largest absolute Gasteiger partial charge is 0.299 e. The molecule has 122 valence electrons. The van der Waals surface area contributed by atoms with Crippen molar-refractivity contribution in [3.05, 3.63) is 23.0 Å². The van der Waals surface area contributed by atoms with Gasteiger partial charge in [0.15, 0.2) is 0 Å². The van der Waals surface area contributed by atoms with Crippen molar-refractivity contribution < 1.29 is 13.2 Å². The van der Waals surface area contributed by atoms with Gasteiger partial charge in [0.2, 0.25) is 15.0 Å². The standard InChI is InChI=1S/C17H20N2O3S/c1-23(21,22)16-18-10-12-7-11-8-13(20)9-17(5-3-2-4-6-17)14(11)15(12)19-16/h10H,2-9H2,1H3. The second kappa shape index (κ2) is 4.97. The van der Waals surface area contributed by atoms with Crippen LogP contribution in [-0.4, -0.2) is 30.4 Å². The zero-order chi connectivity index (χ0) is 16.2. The Bertz CT molecular complexity index is 833. The van der Waals surface area contributed by atoms with Gasteiger partial charge in [0, 0.05) is 36.3 Å². The Kier molecular flexibility index (Phi) is 3.24. The first-order valence-corrected chi connectivity index (χ1v) is 10.1. The molecule has 6 heteroatoms. The number of hydrogen-bond acceptors (Lipinski definition) is 5. The summed E-state index contributed by atoms with van der Waals surface area (Å²) in [6.45, 7) is 0. The number of hydrogen-bond donors (Lipinski definition) is 0. The maximum absolute atomic E-state index is 12.3. The Morgan fingerprint density at radius 1 is 1.13 bits per heavy atom. The fraction of sp³-hybridized carbons (Fsp3) is 0.588. The zero-order valence-corrected chi connectivity index (χ0v) is 14.1. The number of Topliss-reactive ketones (excluding diaryl/α,β-unsaturated/α-hetero) is 1. The van der Waals surface area contributed by atoms with Crippen LogP contribution >= 0.6 is 0 Å². The molecule has 1 aromatic heterocycles. The number of sulfone groups is 1. The van der Waals surface area contributed by atoms with Crippen molar-refractivity contribution in [2.45, 2.75) is 56.5 Å². The van der Waals surface area contributed by atoms with E-state index in [1.165, 1.54) is 12.0 Å². The van der Waals surface area contributed by atoms with Crippen LogP contribution in [0.4, 0.5) is 0 Å². The predicted octanol–water partition coefficient (Wildman–Crippen LogP) is 2.50. The highest BCUT2D eigenvalue weighted by molar-refractivity contribution is 7.90. The number of allylic oxidation sites excluding steroid dienone is 2. The minimum Gasteiger partial charge on any atom is -0.299 e. The molecule has 0 N–H and O–H groups in total. The third kappa shape index (κ3) is 2.35. The van der Waals surface area contributed by atoms with E-state index in [2.05, 4.69) is 9.97 Å². The number of rotatable bonds is 1. The first kappa shape index (κ1) is 15.0. The topological polar surface area (TPSA) is 77.0 Å². The van der Waals surface area contributed by atoms with Crippen LogP contribution in [0.15, 0.2) is 16.9 Å². The van der Waals surface area contributed by atoms with Crippen molar-refractivity contribution in [2.75, 3.05) is 6.26 Å². The monoisotopic (exact) mass is 332 g/mol. The number of nitrogens with zero attached hydrogens (tertiary/aromatic N) is 2. The lowest BCUT2D eigenvalue weighted by molar-refractivity contribution is -0.120. The highest BCUT2D eigenvalue weighted by Crippen LogP contribution is 2.56. The SMILES string of the molecule is CS(=O)(=O)c1ncc2c(n1)C1=C(CC(=O)CC13CCCCC3)C2. The fourth-order valence-corrected chi connectivity index (χ4v) is 5.10. The molecule has 1 heterocycles. The van der Waals surface area contributed by atoms with E-state index in [4.69, 9.17) is 0 Å². The maximum Gasteiger partial charge on any atom is 0.247 e. The summed E-state index contributed by atoms with van der Waals surface area (Å²) in [5.41, 5.74) is 3.99. The molecule has 0 unspecified atom stereocenters. The van der Waals surface area contributed by atoms with Gasteiger partial charge in [-0.25, -0.2) is 18.4 Å². The van der Waals surface area contributed by atoms with Gasteiger partial charge in [-0.05, 0) is 24.8 Å². The van der Waals surface area contributed by atoms with Crippen molar-refractivity contribution in [2.24, 2.45) is 5.41 Å². The number of carbonyl (C=O) groups excluding carboxylic acids is 1. The molecule has 0 aliphatic heterocycles. The van der Waals surface area contributed by atoms with Gasteiger partial charge in [0.25, 0.3) is 0 Å². The molecule has 3 aliphatic rings. The molecule has 1 saturated carbocycles. The summed E-state index contributed by atoms with van der Waals surface area (Å²) in [6, 6.07) is 0. The van der Waals surface area contributed by atoms with Crippen LogP contribution in [0.3, 0.4) is 0 Å². The third-order valence-electron chi connectivity index (χ3n) is 5.46. The Hall–Kier alpha value is -1.56. The summed E-state index contributed by atoms with van der Waals surface area (Å²) in [5.74, 6) is 0.315. The first-order valence-electron chi connectivity index (χ1n) is 8.20. The van der Waals surface area contributed by atoms with Gasteiger partial charge in [0.05, 0.1) is 5.69 Å². The second-order valence-corrected chi connectivity index (χ2v) is 9.10. The number of aromatic nitrogens is 2. The second-order valence-electron chi connectivity index (χ2n) is 7.19. The number of ketones is 1. The summed E-state index contributed by atoms with van der Waals surface area (Å²) in [6.07, 6.45) is 10.0. The quantitative estimate of drug-likeness (QED) is 0.739.